The summed E-state index contributed by atoms with van der Waals surface area (Å²) in [5, 5.41) is 70.0. The molecule has 15 nitrogen and oxygen atoms in total. The fourth-order valence-corrected chi connectivity index (χ4v) is 34.7. The van der Waals surface area contributed by atoms with Gasteiger partial charge in [-0.1, -0.05) is 141 Å². The number of carboxylic acids is 6. The van der Waals surface area contributed by atoms with Crippen LogP contribution >= 0.6 is 34.8 Å². The maximum absolute atomic E-state index is 13.4. The van der Waals surface area contributed by atoms with Crippen LogP contribution in [-0.4, -0.2) is 96.2 Å². The van der Waals surface area contributed by atoms with E-state index in [9.17, 15) is 82.5 Å². The van der Waals surface area contributed by atoms with Gasteiger partial charge >= 0.3 is 35.8 Å². The van der Waals surface area contributed by atoms with Crippen LogP contribution in [0.5, 0.6) is 0 Å². The molecular weight excluding hydrogens is 1740 g/mol. The maximum atomic E-state index is 13.4. The number of halogens is 6. The predicted molar refractivity (Wildman–Crippen MR) is 501 cm³/mol. The molecule has 26 rings (SSSR count). The van der Waals surface area contributed by atoms with Gasteiger partial charge in [0.1, 0.15) is 23.2 Å². The zero-order chi connectivity index (χ0) is 93.6. The summed E-state index contributed by atoms with van der Waals surface area (Å²) in [4.78, 5) is 81.7. The van der Waals surface area contributed by atoms with Gasteiger partial charge in [-0.2, -0.15) is 0 Å². The lowest BCUT2D eigenvalue weighted by atomic mass is 9.41. The first kappa shape index (κ1) is 96.1. The van der Waals surface area contributed by atoms with E-state index in [4.69, 9.17) is 39.5 Å². The first-order chi connectivity index (χ1) is 62.9. The number of hydrogen-bond acceptors (Lipinski definition) is 9. The Bertz CT molecular complexity index is 4930. The number of fused-ring (bicyclic) bond motifs is 4. The van der Waals surface area contributed by atoms with Crippen LogP contribution in [0.3, 0.4) is 0 Å². The molecule has 0 spiro atoms. The van der Waals surface area contributed by atoms with Crippen LogP contribution in [0.1, 0.15) is 267 Å². The van der Waals surface area contributed by atoms with Gasteiger partial charge in [-0.3, -0.25) is 33.6 Å². The first-order valence-corrected chi connectivity index (χ1v) is 50.7. The van der Waals surface area contributed by atoms with Gasteiger partial charge in [-0.05, 0) is 390 Å². The number of ether oxygens (including phenoxy) is 1. The van der Waals surface area contributed by atoms with E-state index >= 15 is 0 Å². The molecule has 0 radical (unpaired) electrons. The SMILES string of the molecule is CC1(O)CC2CCCC(C1)C2(CC(=O)O)c1ccc(F)cc1.CC1C2CC3CC1CC(C2)C3(CC(=O)O)c1ccc(Cl)cc1.CC1C2CC3CC1CC(C2)C3(CC(=O)O)c1ccc(Cl)cc1.CC1C2CC3CC1CC(C2)C3(CC(=O)O)c1cccc(Cl)c1.COC1C2CC3CC1CC(C2)C3(CC(=O)O)c1ccc(F)cc1.O=C(O)CC1(c2ccc(F)cc2)C2CCCC1CC(=O)C2. The molecule has 4 unspecified atom stereocenters. The highest BCUT2D eigenvalue weighted by molar-refractivity contribution is 6.31. The highest BCUT2D eigenvalue weighted by Gasteiger charge is 2.66. The Morgan fingerprint density at radius 3 is 0.803 bits per heavy atom. The maximum Gasteiger partial charge on any atom is 0.304 e. The van der Waals surface area contributed by atoms with E-state index < -0.39 is 52.2 Å². The number of carboxylic acid groups (broad SMARTS) is 6. The molecule has 0 amide bonds. The van der Waals surface area contributed by atoms with E-state index in [2.05, 4.69) is 51.1 Å². The van der Waals surface area contributed by atoms with Crippen molar-refractivity contribution in [1.29, 1.82) is 0 Å². The van der Waals surface area contributed by atoms with Gasteiger partial charge in [0.15, 0.2) is 0 Å². The molecule has 0 saturated heterocycles. The van der Waals surface area contributed by atoms with E-state index in [-0.39, 0.29) is 107 Å². The Kier molecular flexibility index (Phi) is 27.7. The lowest BCUT2D eigenvalue weighted by molar-refractivity contribution is -0.162. The van der Waals surface area contributed by atoms with E-state index in [1.807, 2.05) is 61.5 Å². The Hall–Kier alpha value is -7.61. The van der Waals surface area contributed by atoms with E-state index in [1.165, 1.54) is 130 Å². The fourth-order valence-electron chi connectivity index (χ4n) is 34.2. The fraction of sp³-hybridized carbons (Fsp3) is 0.613. The topological polar surface area (TPSA) is 270 Å². The van der Waals surface area contributed by atoms with Crippen LogP contribution in [0.25, 0.3) is 0 Å². The number of carbonyl (C=O) groups is 7. The molecule has 6 aromatic carbocycles. The molecule has 20 aliphatic carbocycles. The van der Waals surface area contributed by atoms with Crippen LogP contribution in [0.15, 0.2) is 146 Å². The van der Waals surface area contributed by atoms with Gasteiger partial charge in [0, 0.05) is 67.5 Å². The summed E-state index contributed by atoms with van der Waals surface area (Å²) in [7, 11) is 1.80. The molecule has 20 bridgehead atoms. The normalized spacial score (nSPS) is 39.8. The summed E-state index contributed by atoms with van der Waals surface area (Å²) in [6.45, 7) is 9.08. The third-order valence-electron chi connectivity index (χ3n) is 39.3. The second-order valence-corrected chi connectivity index (χ2v) is 46.2. The number of aliphatic carboxylic acids is 6. The Morgan fingerprint density at radius 2 is 0.553 bits per heavy atom. The number of benzene rings is 6. The van der Waals surface area contributed by atoms with E-state index in [0.717, 1.165) is 149 Å². The van der Waals surface area contributed by atoms with Gasteiger partial charge in [0.05, 0.1) is 50.2 Å². The van der Waals surface area contributed by atoms with Crippen molar-refractivity contribution in [3.8, 4) is 0 Å². The van der Waals surface area contributed by atoms with Crippen LogP contribution < -0.4 is 0 Å². The molecule has 7 N–H and O–H groups in total. The average Bonchev–Trinajstić information content (AvgIpc) is 0.709. The van der Waals surface area contributed by atoms with Gasteiger partial charge in [-0.25, -0.2) is 13.2 Å². The molecule has 4 atom stereocenters. The number of Topliss-reactive ketones (excluding diaryl/α,β-unsaturated/α-hetero) is 1. The molecule has 20 fully saturated rings. The van der Waals surface area contributed by atoms with Crippen molar-refractivity contribution in [1.82, 2.24) is 0 Å². The quantitative estimate of drug-likeness (QED) is 0.0397. The van der Waals surface area contributed by atoms with Crippen LogP contribution in [0.4, 0.5) is 13.2 Å². The molecule has 20 aliphatic rings. The number of ketones is 1. The summed E-state index contributed by atoms with van der Waals surface area (Å²) < 4.78 is 45.6. The zero-order valence-electron chi connectivity index (χ0n) is 77.0. The third-order valence-corrected chi connectivity index (χ3v) is 40.0. The van der Waals surface area contributed by atoms with Crippen molar-refractivity contribution in [3.05, 3.63) is 211 Å². The van der Waals surface area contributed by atoms with Crippen molar-refractivity contribution in [2.45, 2.75) is 277 Å². The Labute approximate surface area is 790 Å². The molecule has 132 heavy (non-hydrogen) atoms. The summed E-state index contributed by atoms with van der Waals surface area (Å²) in [6.07, 6.45) is 28.0. The van der Waals surface area contributed by atoms with Gasteiger partial charge < -0.3 is 40.5 Å². The van der Waals surface area contributed by atoms with Crippen molar-refractivity contribution >= 4 is 76.4 Å². The van der Waals surface area contributed by atoms with Crippen LogP contribution in [0.2, 0.25) is 15.1 Å². The largest absolute Gasteiger partial charge is 0.481 e. The minimum absolute atomic E-state index is 0.0290. The number of rotatable bonds is 19. The molecule has 710 valence electrons. The average molecular weight is 1870 g/mol. The van der Waals surface area contributed by atoms with Crippen LogP contribution in [-0.2, 0) is 70.8 Å². The van der Waals surface area contributed by atoms with Crippen molar-refractivity contribution in [2.24, 2.45) is 136 Å². The number of carbonyl (C=O) groups excluding carboxylic acids is 1. The molecule has 6 aromatic rings. The summed E-state index contributed by atoms with van der Waals surface area (Å²) in [5.41, 5.74) is 3.86. The number of methoxy groups -OCH3 is 1. The molecule has 0 aliphatic heterocycles. The van der Waals surface area contributed by atoms with Gasteiger partial charge in [0.2, 0.25) is 0 Å². The Balaban J connectivity index is 0.000000111. The number of aliphatic hydroxyl groups is 1. The lowest BCUT2D eigenvalue weighted by Crippen LogP contribution is -2.61. The van der Waals surface area contributed by atoms with Crippen molar-refractivity contribution in [2.75, 3.05) is 7.11 Å². The molecule has 0 heterocycles. The standard InChI is InChI=1S/3C19H23ClO2.C19H23FO3.C18H23FO3.C17H19FO3/c2*1-11-12-6-15-8-13(11)9-16(7-12)19(15,10-18(21)22)14-2-4-17(20)5-3-14;1-11-12-5-15-7-13(11)8-16(6-12)19(15,10-18(21)22)14-3-2-4-17(20)9-14;1-23-18-11-6-14-8-12(18)9-15(7-11)19(14,10-17(21)22)13-2-4-16(20)5-3-13;1-17(22)9-13-3-2-4-14(10-17)18(13,11-16(20)21)12-5-7-15(19)8-6-12;18-14-6-4-11(5-7-14)17(10-16(20)21)12-2-1-3-13(17)9-15(19)8-12/h2*2-5,11-13,15-16H,6-10H2,1H3,(H,21,22);2-4,9,11-13,15-16H,5-8,10H2,1H3,(H,21,22);2-5,11-12,14-15,18H,6-10H2,1H3,(H,21,22);5-8,13-14,22H,2-4,9-11H2,1H3,(H,20,21);4-7,12-13H,1-3,8-10H2,(H,20,21). The number of hydrogen-bond donors (Lipinski definition) is 7. The van der Waals surface area contributed by atoms with Gasteiger partial charge in [0.25, 0.3) is 0 Å². The third kappa shape index (κ3) is 17.8. The smallest absolute Gasteiger partial charge is 0.304 e. The minimum Gasteiger partial charge on any atom is -0.481 e. The summed E-state index contributed by atoms with van der Waals surface area (Å²) >= 11 is 18.3. The van der Waals surface area contributed by atoms with E-state index in [0.29, 0.717) is 91.0 Å². The van der Waals surface area contributed by atoms with E-state index in [1.54, 1.807) is 31.4 Å². The predicted octanol–water partition coefficient (Wildman–Crippen LogP) is 24.7. The second kappa shape index (κ2) is 38.1. The monoisotopic (exact) mass is 1870 g/mol. The van der Waals surface area contributed by atoms with Gasteiger partial charge in [-0.15, -0.1) is 0 Å². The second-order valence-electron chi connectivity index (χ2n) is 44.9. The first-order valence-electron chi connectivity index (χ1n) is 49.5. The molecular formula is C111H134Cl3F3O15. The highest BCUT2D eigenvalue weighted by Crippen LogP contribution is 2.71. The minimum atomic E-state index is -0.842. The van der Waals surface area contributed by atoms with Crippen molar-refractivity contribution < 1.29 is 87.2 Å². The lowest BCUT2D eigenvalue weighted by Gasteiger charge is -2.63. The zero-order valence-corrected chi connectivity index (χ0v) is 79.3. The summed E-state index contributed by atoms with van der Waals surface area (Å²) in [6, 6.07) is 43.1. The molecule has 21 heteroatoms. The Morgan fingerprint density at radius 1 is 0.326 bits per heavy atom. The highest BCUT2D eigenvalue weighted by atomic mass is 35.5. The molecule has 0 aromatic heterocycles. The summed E-state index contributed by atoms with van der Waals surface area (Å²) in [5.74, 6) is 7.78. The van der Waals surface area contributed by atoms with Crippen LogP contribution in [0, 0.1) is 154 Å². The molecule has 20 saturated carbocycles. The van der Waals surface area contributed by atoms with Crippen molar-refractivity contribution in [3.63, 3.8) is 0 Å².